The van der Waals surface area contributed by atoms with Crippen LogP contribution in [-0.4, -0.2) is 15.0 Å². The Morgan fingerprint density at radius 2 is 2.10 bits per heavy atom. The molecule has 0 atom stereocenters. The maximum atomic E-state index is 5.49. The normalized spacial score (nSPS) is 10.8. The molecule has 6 heteroatoms. The van der Waals surface area contributed by atoms with Crippen LogP contribution in [0.3, 0.4) is 0 Å². The number of fused-ring (bicyclic) bond motifs is 1. The number of nitrogens with zero attached hydrogens (tertiary/aromatic N) is 3. The van der Waals surface area contributed by atoms with E-state index in [4.69, 9.17) is 5.84 Å². The molecule has 3 rings (SSSR count). The minimum Gasteiger partial charge on any atom is -0.308 e. The fourth-order valence-corrected chi connectivity index (χ4v) is 2.64. The van der Waals surface area contributed by atoms with Gasteiger partial charge in [0.25, 0.3) is 0 Å². The maximum absolute atomic E-state index is 5.49. The van der Waals surface area contributed by atoms with Gasteiger partial charge >= 0.3 is 0 Å². The van der Waals surface area contributed by atoms with Crippen molar-refractivity contribution in [1.82, 2.24) is 15.0 Å². The lowest BCUT2D eigenvalue weighted by atomic mass is 10.1. The van der Waals surface area contributed by atoms with Crippen LogP contribution < -0.4 is 11.3 Å². The van der Waals surface area contributed by atoms with Crippen LogP contribution in [0.25, 0.3) is 22.3 Å². The van der Waals surface area contributed by atoms with Gasteiger partial charge in [0, 0.05) is 33.4 Å². The number of aryl methyl sites for hydroxylation is 1. The second-order valence-corrected chi connectivity index (χ2v) is 5.41. The molecule has 0 unspecified atom stereocenters. The molecule has 0 bridgehead atoms. The van der Waals surface area contributed by atoms with Gasteiger partial charge in [0.05, 0.1) is 5.52 Å². The number of hydrogen-bond donors (Lipinski definition) is 2. The van der Waals surface area contributed by atoms with Crippen LogP contribution in [0.15, 0.2) is 41.0 Å². The summed E-state index contributed by atoms with van der Waals surface area (Å²) in [5.74, 6) is 6.72. The molecule has 21 heavy (non-hydrogen) atoms. The molecule has 0 fully saturated rings. The second-order valence-electron chi connectivity index (χ2n) is 4.56. The molecule has 0 spiro atoms. The Kier molecular flexibility index (Phi) is 3.81. The molecule has 3 N–H and O–H groups in total. The van der Waals surface area contributed by atoms with E-state index in [2.05, 4.69) is 36.3 Å². The molecule has 0 amide bonds. The maximum Gasteiger partial charge on any atom is 0.164 e. The molecule has 5 nitrogen and oxygen atoms in total. The van der Waals surface area contributed by atoms with Crippen molar-refractivity contribution in [2.75, 3.05) is 5.43 Å². The number of pyridine rings is 1. The van der Waals surface area contributed by atoms with Crippen molar-refractivity contribution < 1.29 is 0 Å². The third-order valence-electron chi connectivity index (χ3n) is 3.25. The summed E-state index contributed by atoms with van der Waals surface area (Å²) >= 11 is 3.55. The minimum absolute atomic E-state index is 0.601. The first kappa shape index (κ1) is 13.9. The van der Waals surface area contributed by atoms with Gasteiger partial charge in [0.15, 0.2) is 5.82 Å². The average molecular weight is 344 g/mol. The van der Waals surface area contributed by atoms with E-state index in [1.807, 2.05) is 37.3 Å². The Labute approximate surface area is 130 Å². The zero-order chi connectivity index (χ0) is 14.8. The van der Waals surface area contributed by atoms with E-state index < -0.39 is 0 Å². The molecule has 0 saturated heterocycles. The summed E-state index contributed by atoms with van der Waals surface area (Å²) < 4.78 is 0.998. The van der Waals surface area contributed by atoms with Gasteiger partial charge in [-0.15, -0.1) is 0 Å². The largest absolute Gasteiger partial charge is 0.308 e. The van der Waals surface area contributed by atoms with Crippen molar-refractivity contribution in [2.45, 2.75) is 13.3 Å². The number of hydrazine groups is 1. The number of anilines is 1. The number of aromatic nitrogens is 3. The smallest absolute Gasteiger partial charge is 0.164 e. The van der Waals surface area contributed by atoms with E-state index in [-0.39, 0.29) is 0 Å². The van der Waals surface area contributed by atoms with E-state index in [1.54, 1.807) is 6.20 Å². The van der Waals surface area contributed by atoms with Crippen molar-refractivity contribution in [3.05, 3.63) is 46.7 Å². The van der Waals surface area contributed by atoms with E-state index in [9.17, 15) is 0 Å². The lowest BCUT2D eigenvalue weighted by molar-refractivity contribution is 1.00. The fraction of sp³-hybridized carbons (Fsp3) is 0.133. The predicted molar refractivity (Wildman–Crippen MR) is 87.7 cm³/mol. The van der Waals surface area contributed by atoms with E-state index in [0.717, 1.165) is 33.1 Å². The highest BCUT2D eigenvalue weighted by Gasteiger charge is 2.11. The number of halogens is 1. The van der Waals surface area contributed by atoms with Gasteiger partial charge in [-0.3, -0.25) is 4.98 Å². The number of rotatable bonds is 3. The van der Waals surface area contributed by atoms with Gasteiger partial charge in [-0.25, -0.2) is 15.8 Å². The van der Waals surface area contributed by atoms with E-state index in [1.165, 1.54) is 0 Å². The fourth-order valence-electron chi connectivity index (χ4n) is 2.19. The molecule has 3 aromatic rings. The van der Waals surface area contributed by atoms with Crippen LogP contribution in [0.2, 0.25) is 0 Å². The van der Waals surface area contributed by atoms with Crippen molar-refractivity contribution in [3.8, 4) is 11.4 Å². The lowest BCUT2D eigenvalue weighted by Gasteiger charge is -2.09. The molecule has 0 aliphatic carbocycles. The summed E-state index contributed by atoms with van der Waals surface area (Å²) in [4.78, 5) is 13.5. The quantitative estimate of drug-likeness (QED) is 0.563. The molecular weight excluding hydrogens is 330 g/mol. The standard InChI is InChI=1S/C15H14BrN5/c1-2-9-8-13(21-17)20-15(19-9)11-5-6-12(16)10-4-3-7-18-14(10)11/h3-8H,2,17H2,1H3,(H,19,20,21). The number of hydrogen-bond acceptors (Lipinski definition) is 5. The van der Waals surface area contributed by atoms with Gasteiger partial charge < -0.3 is 5.43 Å². The summed E-state index contributed by atoms with van der Waals surface area (Å²) in [6.45, 7) is 2.05. The number of nitrogens with two attached hydrogens (primary N) is 1. The van der Waals surface area contributed by atoms with Gasteiger partial charge in [-0.2, -0.15) is 0 Å². The van der Waals surface area contributed by atoms with Crippen molar-refractivity contribution in [3.63, 3.8) is 0 Å². The van der Waals surface area contributed by atoms with Gasteiger partial charge in [-0.05, 0) is 24.6 Å². The summed E-state index contributed by atoms with van der Waals surface area (Å²) in [7, 11) is 0. The third kappa shape index (κ3) is 2.59. The van der Waals surface area contributed by atoms with Gasteiger partial charge in [0.1, 0.15) is 5.82 Å². The highest BCUT2D eigenvalue weighted by molar-refractivity contribution is 9.10. The molecule has 0 aliphatic rings. The van der Waals surface area contributed by atoms with Crippen LogP contribution in [0.5, 0.6) is 0 Å². The molecular formula is C15H14BrN5. The van der Waals surface area contributed by atoms with Crippen LogP contribution in [-0.2, 0) is 6.42 Å². The average Bonchev–Trinajstić information content (AvgIpc) is 2.55. The Bertz CT molecular complexity index is 781. The molecule has 0 aliphatic heterocycles. The second kappa shape index (κ2) is 5.75. The van der Waals surface area contributed by atoms with Gasteiger partial charge in [0.2, 0.25) is 0 Å². The summed E-state index contributed by atoms with van der Waals surface area (Å²) in [5, 5.41) is 1.03. The molecule has 2 heterocycles. The molecule has 2 aromatic heterocycles. The Morgan fingerprint density at radius 3 is 2.86 bits per heavy atom. The first-order valence-corrected chi connectivity index (χ1v) is 7.40. The minimum atomic E-state index is 0.601. The van der Waals surface area contributed by atoms with Crippen LogP contribution in [0.4, 0.5) is 5.82 Å². The van der Waals surface area contributed by atoms with E-state index >= 15 is 0 Å². The number of benzene rings is 1. The van der Waals surface area contributed by atoms with Crippen molar-refractivity contribution in [2.24, 2.45) is 5.84 Å². The first-order valence-electron chi connectivity index (χ1n) is 6.61. The van der Waals surface area contributed by atoms with E-state index in [0.29, 0.717) is 11.6 Å². The predicted octanol–water partition coefficient (Wildman–Crippen LogP) is 3.30. The summed E-state index contributed by atoms with van der Waals surface area (Å²) in [6, 6.07) is 9.72. The highest BCUT2D eigenvalue weighted by Crippen LogP contribution is 2.30. The zero-order valence-electron chi connectivity index (χ0n) is 11.5. The van der Waals surface area contributed by atoms with Crippen molar-refractivity contribution in [1.29, 1.82) is 0 Å². The van der Waals surface area contributed by atoms with Crippen molar-refractivity contribution >= 4 is 32.7 Å². The van der Waals surface area contributed by atoms with Crippen LogP contribution in [0, 0.1) is 0 Å². The number of nitrogen functional groups attached to an aromatic ring is 1. The summed E-state index contributed by atoms with van der Waals surface area (Å²) in [6.07, 6.45) is 2.58. The van der Waals surface area contributed by atoms with Gasteiger partial charge in [-0.1, -0.05) is 28.9 Å². The monoisotopic (exact) mass is 343 g/mol. The molecule has 1 aromatic carbocycles. The number of nitrogens with one attached hydrogen (secondary N) is 1. The molecule has 0 radical (unpaired) electrons. The van der Waals surface area contributed by atoms with Crippen LogP contribution in [0.1, 0.15) is 12.6 Å². The Hall–Kier alpha value is -2.05. The Balaban J connectivity index is 2.28. The van der Waals surface area contributed by atoms with Crippen LogP contribution >= 0.6 is 15.9 Å². The SMILES string of the molecule is CCc1cc(NN)nc(-c2ccc(Br)c3cccnc23)n1. The Morgan fingerprint density at radius 1 is 1.24 bits per heavy atom. The third-order valence-corrected chi connectivity index (χ3v) is 3.94. The lowest BCUT2D eigenvalue weighted by Crippen LogP contribution is -2.10. The molecule has 0 saturated carbocycles. The summed E-state index contributed by atoms with van der Waals surface area (Å²) in [5.41, 5.74) is 5.27. The highest BCUT2D eigenvalue weighted by atomic mass is 79.9. The topological polar surface area (TPSA) is 76.7 Å². The zero-order valence-corrected chi connectivity index (χ0v) is 13.1. The molecule has 106 valence electrons. The first-order chi connectivity index (χ1) is 10.2.